The summed E-state index contributed by atoms with van der Waals surface area (Å²) in [5.74, 6) is -0.573. The third-order valence-corrected chi connectivity index (χ3v) is 4.91. The highest BCUT2D eigenvalue weighted by atomic mass is 79.9. The van der Waals surface area contributed by atoms with E-state index in [1.165, 1.54) is 7.11 Å². The van der Waals surface area contributed by atoms with Crippen molar-refractivity contribution in [1.82, 2.24) is 9.97 Å². The van der Waals surface area contributed by atoms with E-state index >= 15 is 0 Å². The van der Waals surface area contributed by atoms with Crippen LogP contribution in [0.3, 0.4) is 0 Å². The molecular weight excluding hydrogens is 472 g/mol. The smallest absolute Gasteiger partial charge is 0.288 e. The van der Waals surface area contributed by atoms with Crippen LogP contribution in [-0.4, -0.2) is 33.3 Å². The number of nitro benzene ring substituents is 1. The predicted molar refractivity (Wildman–Crippen MR) is 115 cm³/mol. The highest BCUT2D eigenvalue weighted by Crippen LogP contribution is 2.40. The summed E-state index contributed by atoms with van der Waals surface area (Å²) in [5.41, 5.74) is 2.00. The van der Waals surface area contributed by atoms with Gasteiger partial charge in [0.15, 0.2) is 11.5 Å². The van der Waals surface area contributed by atoms with Gasteiger partial charge in [-0.2, -0.15) is 10.4 Å². The average molecular weight is 485 g/mol. The molecule has 0 radical (unpaired) electrons. The summed E-state index contributed by atoms with van der Waals surface area (Å²) >= 11 is 3.07. The Morgan fingerprint density at radius 2 is 2.13 bits per heavy atom. The van der Waals surface area contributed by atoms with Crippen LogP contribution in [0.25, 0.3) is 11.3 Å². The summed E-state index contributed by atoms with van der Waals surface area (Å²) in [6.45, 7) is 0. The van der Waals surface area contributed by atoms with Crippen LogP contribution in [0.5, 0.6) is 11.5 Å². The number of rotatable bonds is 6. The van der Waals surface area contributed by atoms with Crippen LogP contribution in [0.4, 0.5) is 11.6 Å². The number of nitriles is 1. The van der Waals surface area contributed by atoms with E-state index in [1.54, 1.807) is 30.3 Å². The molecule has 0 saturated carbocycles. The van der Waals surface area contributed by atoms with Crippen molar-refractivity contribution in [3.63, 3.8) is 0 Å². The molecule has 0 aliphatic carbocycles. The Bertz CT molecular complexity index is 1280. The number of halogens is 1. The van der Waals surface area contributed by atoms with Gasteiger partial charge in [0.1, 0.15) is 16.1 Å². The van der Waals surface area contributed by atoms with Crippen LogP contribution in [0.1, 0.15) is 11.1 Å². The van der Waals surface area contributed by atoms with E-state index in [1.807, 2.05) is 6.07 Å². The number of aromatic hydroxyl groups is 1. The number of aromatic nitrogens is 2. The average Bonchev–Trinajstić information content (AvgIpc) is 2.76. The van der Waals surface area contributed by atoms with Crippen molar-refractivity contribution < 1.29 is 14.8 Å². The van der Waals surface area contributed by atoms with E-state index < -0.39 is 10.5 Å². The molecule has 11 nitrogen and oxygen atoms in total. The quantitative estimate of drug-likeness (QED) is 0.272. The molecule has 3 aromatic rings. The van der Waals surface area contributed by atoms with Crippen molar-refractivity contribution in [3.05, 3.63) is 72.5 Å². The van der Waals surface area contributed by atoms with Gasteiger partial charge in [-0.25, -0.2) is 10.4 Å². The molecule has 31 heavy (non-hydrogen) atoms. The number of benzene rings is 2. The number of nitro groups is 1. The van der Waals surface area contributed by atoms with Crippen LogP contribution in [0.15, 0.2) is 50.8 Å². The van der Waals surface area contributed by atoms with Gasteiger partial charge in [0.25, 0.3) is 11.2 Å². The Balaban J connectivity index is 2.00. The Morgan fingerprint density at radius 1 is 1.42 bits per heavy atom. The zero-order valence-corrected chi connectivity index (χ0v) is 17.4. The number of anilines is 1. The molecule has 0 unspecified atom stereocenters. The second kappa shape index (κ2) is 9.06. The minimum absolute atomic E-state index is 0.0207. The van der Waals surface area contributed by atoms with Crippen LogP contribution < -0.4 is 15.7 Å². The molecule has 0 aliphatic rings. The van der Waals surface area contributed by atoms with Gasteiger partial charge in [0.2, 0.25) is 5.95 Å². The Labute approximate surface area is 182 Å². The molecule has 0 fully saturated rings. The lowest BCUT2D eigenvalue weighted by atomic mass is 10.1. The summed E-state index contributed by atoms with van der Waals surface area (Å²) in [4.78, 5) is 29.4. The summed E-state index contributed by atoms with van der Waals surface area (Å²) in [6, 6.07) is 11.5. The molecule has 0 aliphatic heterocycles. The third-order valence-electron chi connectivity index (χ3n) is 4.08. The minimum Gasteiger partial charge on any atom is -0.504 e. The largest absolute Gasteiger partial charge is 0.504 e. The maximum absolute atomic E-state index is 12.3. The first-order chi connectivity index (χ1) is 14.9. The number of methoxy groups -OCH3 is 1. The SMILES string of the molecule is COc1cc([N+](=O)[O-])c(Br)c(C=NNc2nc(-c3ccccc3)c(C#N)c(=O)[nH]2)c1O. The Kier molecular flexibility index (Phi) is 6.27. The second-order valence-electron chi connectivity index (χ2n) is 5.92. The summed E-state index contributed by atoms with van der Waals surface area (Å²) < 4.78 is 4.93. The van der Waals surface area contributed by atoms with Crippen molar-refractivity contribution in [3.8, 4) is 28.8 Å². The molecule has 0 saturated heterocycles. The maximum atomic E-state index is 12.3. The molecule has 1 aromatic heterocycles. The first kappa shape index (κ1) is 21.5. The van der Waals surface area contributed by atoms with Crippen molar-refractivity contribution in [1.29, 1.82) is 5.26 Å². The van der Waals surface area contributed by atoms with Gasteiger partial charge in [-0.05, 0) is 15.9 Å². The molecule has 0 bridgehead atoms. The fraction of sp³-hybridized carbons (Fsp3) is 0.0526. The maximum Gasteiger partial charge on any atom is 0.288 e. The lowest BCUT2D eigenvalue weighted by molar-refractivity contribution is -0.385. The number of hydrogen-bond donors (Lipinski definition) is 3. The van der Waals surface area contributed by atoms with Crippen molar-refractivity contribution in [2.75, 3.05) is 12.5 Å². The molecule has 156 valence electrons. The van der Waals surface area contributed by atoms with E-state index in [4.69, 9.17) is 4.74 Å². The number of hydrazone groups is 1. The second-order valence-corrected chi connectivity index (χ2v) is 6.71. The van der Waals surface area contributed by atoms with Gasteiger partial charge in [-0.3, -0.25) is 19.9 Å². The number of hydrogen-bond acceptors (Lipinski definition) is 9. The first-order valence-corrected chi connectivity index (χ1v) is 9.29. The van der Waals surface area contributed by atoms with Gasteiger partial charge < -0.3 is 9.84 Å². The molecule has 3 N–H and O–H groups in total. The monoisotopic (exact) mass is 484 g/mol. The van der Waals surface area contributed by atoms with Crippen LogP contribution in [0, 0.1) is 21.4 Å². The molecular formula is C19H13BrN6O5. The van der Waals surface area contributed by atoms with Gasteiger partial charge in [-0.15, -0.1) is 0 Å². The zero-order valence-electron chi connectivity index (χ0n) is 15.8. The fourth-order valence-electron chi connectivity index (χ4n) is 2.63. The molecule has 0 atom stereocenters. The molecule has 1 heterocycles. The van der Waals surface area contributed by atoms with Gasteiger partial charge in [0.05, 0.1) is 35.6 Å². The minimum atomic E-state index is -0.671. The first-order valence-electron chi connectivity index (χ1n) is 8.50. The Hall–Kier alpha value is -4.24. The van der Waals surface area contributed by atoms with E-state index in [2.05, 4.69) is 36.4 Å². The topological polar surface area (TPSA) is 167 Å². The van der Waals surface area contributed by atoms with E-state index in [9.17, 15) is 25.3 Å². The van der Waals surface area contributed by atoms with E-state index in [0.717, 1.165) is 12.3 Å². The summed E-state index contributed by atoms with van der Waals surface area (Å²) in [6.07, 6.45) is 1.09. The fourth-order valence-corrected chi connectivity index (χ4v) is 3.18. The standard InChI is InChI=1S/C19H13BrN6O5/c1-31-14-7-13(26(29)30)15(20)12(17(14)27)9-22-25-19-23-16(10-5-3-2-4-6-10)11(8-21)18(28)24-19/h2-7,9,27H,1H3,(H2,23,24,25,28). The van der Waals surface area contributed by atoms with E-state index in [-0.39, 0.29) is 44.4 Å². The highest BCUT2D eigenvalue weighted by Gasteiger charge is 2.22. The number of ether oxygens (including phenoxy) is 1. The third kappa shape index (κ3) is 4.36. The number of nitrogens with zero attached hydrogens (tertiary/aromatic N) is 4. The van der Waals surface area contributed by atoms with Crippen LogP contribution >= 0.6 is 15.9 Å². The number of nitrogens with one attached hydrogen (secondary N) is 2. The molecule has 12 heteroatoms. The van der Waals surface area contributed by atoms with Gasteiger partial charge in [-0.1, -0.05) is 30.3 Å². The Morgan fingerprint density at radius 3 is 2.74 bits per heavy atom. The number of phenolic OH excluding ortho intramolecular Hbond substituents is 1. The van der Waals surface area contributed by atoms with Crippen molar-refractivity contribution >= 4 is 33.8 Å². The molecule has 0 spiro atoms. The van der Waals surface area contributed by atoms with Crippen molar-refractivity contribution in [2.24, 2.45) is 5.10 Å². The number of phenols is 1. The zero-order chi connectivity index (χ0) is 22.5. The highest BCUT2D eigenvalue weighted by molar-refractivity contribution is 9.10. The lowest BCUT2D eigenvalue weighted by Gasteiger charge is -2.09. The number of aromatic amines is 1. The van der Waals surface area contributed by atoms with Crippen LogP contribution in [0.2, 0.25) is 0 Å². The lowest BCUT2D eigenvalue weighted by Crippen LogP contribution is -2.16. The van der Waals surface area contributed by atoms with Crippen molar-refractivity contribution in [2.45, 2.75) is 0 Å². The molecule has 0 amide bonds. The molecule has 2 aromatic carbocycles. The van der Waals surface area contributed by atoms with Gasteiger partial charge >= 0.3 is 0 Å². The predicted octanol–water partition coefficient (Wildman–Crippen LogP) is 3.14. The molecule has 3 rings (SSSR count). The van der Waals surface area contributed by atoms with E-state index in [0.29, 0.717) is 5.56 Å². The summed E-state index contributed by atoms with van der Waals surface area (Å²) in [7, 11) is 1.25. The van der Waals surface area contributed by atoms with Gasteiger partial charge in [0, 0.05) is 5.56 Å². The summed E-state index contributed by atoms with van der Waals surface area (Å²) in [5, 5.41) is 34.7. The van der Waals surface area contributed by atoms with Crippen LogP contribution in [-0.2, 0) is 0 Å². The normalized spacial score (nSPS) is 10.6. The number of H-pyrrole nitrogens is 1.